The number of aromatic nitrogens is 2. The Labute approximate surface area is 233 Å². The molecule has 2 aromatic carbocycles. The van der Waals surface area contributed by atoms with E-state index in [4.69, 9.17) is 4.74 Å². The average Bonchev–Trinajstić information content (AvgIpc) is 3.40. The monoisotopic (exact) mass is 556 g/mol. The molecular weight excluding hydrogens is 519 g/mol. The number of aliphatic hydroxyl groups excluding tert-OH is 1. The first-order valence-electron chi connectivity index (χ1n) is 13.5. The average molecular weight is 557 g/mol. The lowest BCUT2D eigenvalue weighted by molar-refractivity contribution is -0.111. The molecule has 1 aliphatic rings. The number of rotatable bonds is 11. The fourth-order valence-corrected chi connectivity index (χ4v) is 5.88. The summed E-state index contributed by atoms with van der Waals surface area (Å²) in [4.78, 5) is 16.8. The fourth-order valence-electron chi connectivity index (χ4n) is 5.02. The number of hydrogen-bond acceptors (Lipinski definition) is 8. The number of unbranched alkanes of at least 4 members (excludes halogenated alkanes) is 1. The van der Waals surface area contributed by atoms with Crippen LogP contribution < -0.4 is 9.64 Å². The summed E-state index contributed by atoms with van der Waals surface area (Å²) in [5.41, 5.74) is 2.78. The maximum absolute atomic E-state index is 14.4. The lowest BCUT2D eigenvalue weighted by Crippen LogP contribution is -2.48. The molecule has 2 heterocycles. The van der Waals surface area contributed by atoms with Crippen molar-refractivity contribution in [3.05, 3.63) is 58.9 Å². The van der Waals surface area contributed by atoms with Crippen LogP contribution in [0.15, 0.2) is 36.4 Å². The molecule has 3 aromatic rings. The van der Waals surface area contributed by atoms with Gasteiger partial charge in [-0.15, -0.1) is 10.2 Å². The predicted molar refractivity (Wildman–Crippen MR) is 151 cm³/mol. The van der Waals surface area contributed by atoms with Crippen molar-refractivity contribution in [2.75, 3.05) is 31.1 Å². The number of halogens is 1. The van der Waals surface area contributed by atoms with Crippen molar-refractivity contribution < 1.29 is 24.1 Å². The summed E-state index contributed by atoms with van der Waals surface area (Å²) in [6.45, 7) is 8.30. The van der Waals surface area contributed by atoms with Crippen molar-refractivity contribution in [3.63, 3.8) is 0 Å². The molecule has 0 saturated carbocycles. The molecule has 210 valence electrons. The number of ether oxygens (including phenoxy) is 1. The molecular formula is C29H37FN4O4S. The number of nitrogens with zero attached hydrogens (tertiary/aromatic N) is 4. The van der Waals surface area contributed by atoms with Crippen LogP contribution in [0.2, 0.25) is 0 Å². The molecule has 1 atom stereocenters. The van der Waals surface area contributed by atoms with Crippen LogP contribution >= 0.6 is 11.3 Å². The molecule has 10 heteroatoms. The van der Waals surface area contributed by atoms with E-state index in [9.17, 15) is 19.4 Å². The fraction of sp³-hybridized carbons (Fsp3) is 0.483. The van der Waals surface area contributed by atoms with Crippen molar-refractivity contribution in [1.82, 2.24) is 15.1 Å². The van der Waals surface area contributed by atoms with Crippen LogP contribution in [0, 0.1) is 19.7 Å². The van der Waals surface area contributed by atoms with E-state index in [1.807, 2.05) is 32.9 Å². The van der Waals surface area contributed by atoms with Crippen LogP contribution in [0.1, 0.15) is 60.5 Å². The minimum Gasteiger partial charge on any atom is -0.492 e. The first-order chi connectivity index (χ1) is 18.8. The van der Waals surface area contributed by atoms with Gasteiger partial charge in [-0.05, 0) is 75.0 Å². The summed E-state index contributed by atoms with van der Waals surface area (Å²) in [5, 5.41) is 29.1. The van der Waals surface area contributed by atoms with E-state index >= 15 is 0 Å². The second-order valence-corrected chi connectivity index (χ2v) is 10.9. The molecule has 1 fully saturated rings. The smallest absolute Gasteiger partial charge is 0.263 e. The van der Waals surface area contributed by atoms with Crippen molar-refractivity contribution >= 4 is 22.4 Å². The summed E-state index contributed by atoms with van der Waals surface area (Å²) >= 11 is 1.30. The number of likely N-dealkylation sites (tertiary alicyclic amines) is 1. The molecule has 2 N–H and O–H groups in total. The Balaban J connectivity index is 1.48. The first kappa shape index (κ1) is 29.1. The largest absolute Gasteiger partial charge is 0.492 e. The summed E-state index contributed by atoms with van der Waals surface area (Å²) < 4.78 is 20.5. The minimum absolute atomic E-state index is 0.0166. The van der Waals surface area contributed by atoms with Crippen molar-refractivity contribution in [1.29, 1.82) is 0 Å². The van der Waals surface area contributed by atoms with E-state index in [0.29, 0.717) is 29.8 Å². The van der Waals surface area contributed by atoms with Gasteiger partial charge in [0.05, 0.1) is 11.6 Å². The normalized spacial score (nSPS) is 16.0. The van der Waals surface area contributed by atoms with Crippen LogP contribution in [0.4, 0.5) is 9.52 Å². The number of piperidine rings is 1. The molecule has 0 radical (unpaired) electrons. The highest BCUT2D eigenvalue weighted by Gasteiger charge is 2.27. The molecule has 0 aliphatic carbocycles. The van der Waals surface area contributed by atoms with Gasteiger partial charge in [-0.2, -0.15) is 0 Å². The summed E-state index contributed by atoms with van der Waals surface area (Å²) in [7, 11) is 0. The van der Waals surface area contributed by atoms with Crippen LogP contribution in [-0.2, 0) is 0 Å². The van der Waals surface area contributed by atoms with Gasteiger partial charge in [-0.3, -0.25) is 14.6 Å². The van der Waals surface area contributed by atoms with Gasteiger partial charge >= 0.3 is 0 Å². The Kier molecular flexibility index (Phi) is 10.0. The van der Waals surface area contributed by atoms with Gasteiger partial charge in [0.25, 0.3) is 5.91 Å². The zero-order valence-corrected chi connectivity index (χ0v) is 23.6. The third-order valence-electron chi connectivity index (χ3n) is 7.07. The number of aryl methyl sites for hydroxylation is 2. The van der Waals surface area contributed by atoms with Crippen LogP contribution in [0.25, 0.3) is 10.6 Å². The van der Waals surface area contributed by atoms with Gasteiger partial charge in [0.1, 0.15) is 23.2 Å². The summed E-state index contributed by atoms with van der Waals surface area (Å²) in [5.74, 6) is -0.190. The Hall–Kier alpha value is -2.92. The lowest BCUT2D eigenvalue weighted by atomic mass is 10.0. The van der Waals surface area contributed by atoms with Crippen molar-refractivity contribution in [3.8, 4) is 16.3 Å². The third kappa shape index (κ3) is 7.00. The Morgan fingerprint density at radius 1 is 1.21 bits per heavy atom. The summed E-state index contributed by atoms with van der Waals surface area (Å²) in [6.07, 6.45) is 3.11. The second kappa shape index (κ2) is 13.4. The number of aliphatic hydroxyl groups is 2. The van der Waals surface area contributed by atoms with E-state index in [2.05, 4.69) is 15.1 Å². The quantitative estimate of drug-likeness (QED) is 0.323. The van der Waals surface area contributed by atoms with E-state index < -0.39 is 18.0 Å². The molecule has 4 rings (SSSR count). The standard InChI is InChI=1S/C29H37FN4O4S/c1-4-5-14-34(27(35)22-10-6-7-11-23(22)30)29-32-31-26(39-29)21-17-19(2)25(20(3)18-21)38-16-15-33-13-9-8-12-24(33)28(36)37/h6-7,10-11,17-18,24,28,36-37H,4-5,8-9,12-16H2,1-3H3. The van der Waals surface area contributed by atoms with E-state index in [1.165, 1.54) is 28.4 Å². The molecule has 1 aliphatic heterocycles. The maximum Gasteiger partial charge on any atom is 0.263 e. The minimum atomic E-state index is -1.34. The van der Waals surface area contributed by atoms with Crippen LogP contribution in [0.5, 0.6) is 5.75 Å². The van der Waals surface area contributed by atoms with Crippen molar-refractivity contribution in [2.45, 2.75) is 65.2 Å². The van der Waals surface area contributed by atoms with Gasteiger partial charge in [0.15, 0.2) is 6.29 Å². The Morgan fingerprint density at radius 2 is 1.95 bits per heavy atom. The number of carbonyl (C=O) groups excluding carboxylic acids is 1. The van der Waals surface area contributed by atoms with Gasteiger partial charge in [0.2, 0.25) is 5.13 Å². The molecule has 1 unspecified atom stereocenters. The highest BCUT2D eigenvalue weighted by molar-refractivity contribution is 7.18. The first-order valence-corrected chi connectivity index (χ1v) is 14.4. The molecule has 1 saturated heterocycles. The van der Waals surface area contributed by atoms with Gasteiger partial charge < -0.3 is 14.9 Å². The highest BCUT2D eigenvalue weighted by atomic mass is 32.1. The predicted octanol–water partition coefficient (Wildman–Crippen LogP) is 4.95. The second-order valence-electron chi connectivity index (χ2n) is 9.98. The SMILES string of the molecule is CCCCN(C(=O)c1ccccc1F)c1nnc(-c2cc(C)c(OCCN3CCCCC3C(O)O)c(C)c2)s1. The number of hydrogen-bond donors (Lipinski definition) is 2. The number of benzene rings is 2. The molecule has 1 amide bonds. The highest BCUT2D eigenvalue weighted by Crippen LogP contribution is 2.34. The lowest BCUT2D eigenvalue weighted by Gasteiger charge is -2.36. The maximum atomic E-state index is 14.4. The zero-order chi connectivity index (χ0) is 27.9. The summed E-state index contributed by atoms with van der Waals surface area (Å²) in [6, 6.07) is 9.71. The Bertz CT molecular complexity index is 1240. The van der Waals surface area contributed by atoms with Gasteiger partial charge in [-0.25, -0.2) is 4.39 Å². The molecule has 8 nitrogen and oxygen atoms in total. The van der Waals surface area contributed by atoms with Crippen LogP contribution in [0.3, 0.4) is 0 Å². The van der Waals surface area contributed by atoms with Gasteiger partial charge in [-0.1, -0.05) is 43.2 Å². The van der Waals surface area contributed by atoms with E-state index in [0.717, 1.165) is 61.1 Å². The zero-order valence-electron chi connectivity index (χ0n) is 22.8. The van der Waals surface area contributed by atoms with E-state index in [-0.39, 0.29) is 11.6 Å². The molecule has 39 heavy (non-hydrogen) atoms. The Morgan fingerprint density at radius 3 is 2.64 bits per heavy atom. The number of anilines is 1. The topological polar surface area (TPSA) is 99.0 Å². The molecule has 1 aromatic heterocycles. The molecule has 0 spiro atoms. The number of amides is 1. The van der Waals surface area contributed by atoms with Crippen molar-refractivity contribution in [2.24, 2.45) is 0 Å². The van der Waals surface area contributed by atoms with Gasteiger partial charge in [0, 0.05) is 18.7 Å². The van der Waals surface area contributed by atoms with Crippen LogP contribution in [-0.4, -0.2) is 69.8 Å². The third-order valence-corrected chi connectivity index (χ3v) is 8.07. The molecule has 0 bridgehead atoms. The van der Waals surface area contributed by atoms with E-state index in [1.54, 1.807) is 12.1 Å². The number of carbonyl (C=O) groups is 1.